The standard InChI is InChI=1S/C17H18O3/c1-4-20-14-6-8-16(12(3)10-14)15-7-5-13(17(18)19)9-11(15)2/h5-10H,4H2,1-3H3,(H,18,19). The minimum absolute atomic E-state index is 0.315. The summed E-state index contributed by atoms with van der Waals surface area (Å²) in [5.74, 6) is -0.0448. The summed E-state index contributed by atoms with van der Waals surface area (Å²) in [6.45, 7) is 6.56. The van der Waals surface area contributed by atoms with Crippen molar-refractivity contribution in [2.75, 3.05) is 6.61 Å². The molecule has 1 N–H and O–H groups in total. The molecule has 2 aromatic rings. The van der Waals surface area contributed by atoms with Gasteiger partial charge in [-0.3, -0.25) is 0 Å². The SMILES string of the molecule is CCOc1ccc(-c2ccc(C(=O)O)cc2C)c(C)c1. The molecule has 0 fully saturated rings. The molecule has 0 heterocycles. The first-order chi connectivity index (χ1) is 9.52. The van der Waals surface area contributed by atoms with Crippen LogP contribution in [0.3, 0.4) is 0 Å². The third-order valence-corrected chi connectivity index (χ3v) is 3.27. The van der Waals surface area contributed by atoms with Crippen LogP contribution in [0.5, 0.6) is 5.75 Å². The van der Waals surface area contributed by atoms with Gasteiger partial charge in [0.05, 0.1) is 12.2 Å². The summed E-state index contributed by atoms with van der Waals surface area (Å²) in [4.78, 5) is 11.0. The van der Waals surface area contributed by atoms with Crippen LogP contribution in [-0.4, -0.2) is 17.7 Å². The first kappa shape index (κ1) is 14.1. The number of carboxylic acid groups (broad SMARTS) is 1. The number of benzene rings is 2. The molecule has 104 valence electrons. The summed E-state index contributed by atoms with van der Waals surface area (Å²) in [7, 11) is 0. The average Bonchev–Trinajstić information content (AvgIpc) is 2.40. The molecule has 0 amide bonds. The van der Waals surface area contributed by atoms with Crippen LogP contribution in [0, 0.1) is 13.8 Å². The zero-order chi connectivity index (χ0) is 14.7. The predicted molar refractivity (Wildman–Crippen MR) is 79.5 cm³/mol. The molecular weight excluding hydrogens is 252 g/mol. The average molecular weight is 270 g/mol. The summed E-state index contributed by atoms with van der Waals surface area (Å²) in [6.07, 6.45) is 0. The molecule has 2 rings (SSSR count). The van der Waals surface area contributed by atoms with Gasteiger partial charge in [0.1, 0.15) is 5.75 Å². The zero-order valence-electron chi connectivity index (χ0n) is 11.9. The smallest absolute Gasteiger partial charge is 0.335 e. The largest absolute Gasteiger partial charge is 0.494 e. The second-order valence-electron chi connectivity index (χ2n) is 4.74. The highest BCUT2D eigenvalue weighted by Crippen LogP contribution is 2.29. The van der Waals surface area contributed by atoms with E-state index in [1.54, 1.807) is 12.1 Å². The molecule has 0 saturated carbocycles. The first-order valence-electron chi connectivity index (χ1n) is 6.60. The Labute approximate surface area is 118 Å². The summed E-state index contributed by atoms with van der Waals surface area (Å²) in [6, 6.07) is 11.2. The lowest BCUT2D eigenvalue weighted by Gasteiger charge is -2.12. The third-order valence-electron chi connectivity index (χ3n) is 3.27. The van der Waals surface area contributed by atoms with Crippen molar-refractivity contribution in [3.63, 3.8) is 0 Å². The van der Waals surface area contributed by atoms with E-state index in [2.05, 4.69) is 0 Å². The van der Waals surface area contributed by atoms with E-state index in [1.165, 1.54) is 0 Å². The topological polar surface area (TPSA) is 46.5 Å². The molecule has 0 aliphatic rings. The van der Waals surface area contributed by atoms with Gasteiger partial charge in [0.25, 0.3) is 0 Å². The van der Waals surface area contributed by atoms with Crippen molar-refractivity contribution in [2.24, 2.45) is 0 Å². The maximum absolute atomic E-state index is 11.0. The molecule has 20 heavy (non-hydrogen) atoms. The van der Waals surface area contributed by atoms with E-state index in [1.807, 2.05) is 45.0 Å². The van der Waals surface area contributed by atoms with Crippen molar-refractivity contribution in [3.05, 3.63) is 53.1 Å². The molecule has 0 spiro atoms. The second kappa shape index (κ2) is 5.78. The second-order valence-corrected chi connectivity index (χ2v) is 4.74. The highest BCUT2D eigenvalue weighted by molar-refractivity contribution is 5.89. The number of ether oxygens (including phenoxy) is 1. The van der Waals surface area contributed by atoms with Gasteiger partial charge in [-0.05, 0) is 67.3 Å². The van der Waals surface area contributed by atoms with Gasteiger partial charge in [0, 0.05) is 0 Å². The minimum atomic E-state index is -0.900. The fraction of sp³-hybridized carbons (Fsp3) is 0.235. The lowest BCUT2D eigenvalue weighted by Crippen LogP contribution is -1.98. The van der Waals surface area contributed by atoms with E-state index in [0.29, 0.717) is 12.2 Å². The molecule has 0 aliphatic carbocycles. The van der Waals surface area contributed by atoms with Crippen molar-refractivity contribution in [1.82, 2.24) is 0 Å². The van der Waals surface area contributed by atoms with Gasteiger partial charge in [-0.25, -0.2) is 4.79 Å². The maximum atomic E-state index is 11.0. The van der Waals surface area contributed by atoms with Gasteiger partial charge in [-0.1, -0.05) is 12.1 Å². The van der Waals surface area contributed by atoms with E-state index >= 15 is 0 Å². The van der Waals surface area contributed by atoms with Crippen LogP contribution in [0.1, 0.15) is 28.4 Å². The number of hydrogen-bond donors (Lipinski definition) is 1. The molecule has 0 radical (unpaired) electrons. The summed E-state index contributed by atoms with van der Waals surface area (Å²) < 4.78 is 5.48. The quantitative estimate of drug-likeness (QED) is 0.911. The molecule has 0 saturated heterocycles. The molecule has 3 nitrogen and oxygen atoms in total. The predicted octanol–water partition coefficient (Wildman–Crippen LogP) is 4.07. The van der Waals surface area contributed by atoms with Crippen molar-refractivity contribution in [3.8, 4) is 16.9 Å². The van der Waals surface area contributed by atoms with E-state index in [4.69, 9.17) is 9.84 Å². The molecule has 0 atom stereocenters. The van der Waals surface area contributed by atoms with Crippen LogP contribution in [0.4, 0.5) is 0 Å². The van der Waals surface area contributed by atoms with Gasteiger partial charge >= 0.3 is 5.97 Å². The van der Waals surface area contributed by atoms with Crippen LogP contribution in [-0.2, 0) is 0 Å². The molecule has 3 heteroatoms. The van der Waals surface area contributed by atoms with Crippen molar-refractivity contribution in [2.45, 2.75) is 20.8 Å². The molecule has 0 unspecified atom stereocenters. The minimum Gasteiger partial charge on any atom is -0.494 e. The van der Waals surface area contributed by atoms with Crippen molar-refractivity contribution >= 4 is 5.97 Å². The van der Waals surface area contributed by atoms with Crippen LogP contribution in [0.2, 0.25) is 0 Å². The third kappa shape index (κ3) is 2.82. The molecule has 0 aliphatic heterocycles. The van der Waals surface area contributed by atoms with Crippen molar-refractivity contribution in [1.29, 1.82) is 0 Å². The summed E-state index contributed by atoms with van der Waals surface area (Å²) >= 11 is 0. The van der Waals surface area contributed by atoms with E-state index in [0.717, 1.165) is 28.0 Å². The Bertz CT molecular complexity index is 645. The van der Waals surface area contributed by atoms with E-state index in [-0.39, 0.29) is 0 Å². The molecule has 2 aromatic carbocycles. The summed E-state index contributed by atoms with van der Waals surface area (Å²) in [5.41, 5.74) is 4.53. The summed E-state index contributed by atoms with van der Waals surface area (Å²) in [5, 5.41) is 9.00. The van der Waals surface area contributed by atoms with Gasteiger partial charge in [-0.15, -0.1) is 0 Å². The number of aromatic carboxylic acids is 1. The number of aryl methyl sites for hydroxylation is 2. The molecule has 0 bridgehead atoms. The molecule has 0 aromatic heterocycles. The van der Waals surface area contributed by atoms with Crippen LogP contribution in [0.15, 0.2) is 36.4 Å². The fourth-order valence-corrected chi connectivity index (χ4v) is 2.29. The number of rotatable bonds is 4. The number of carboxylic acids is 1. The van der Waals surface area contributed by atoms with Gasteiger partial charge in [0.2, 0.25) is 0 Å². The monoisotopic (exact) mass is 270 g/mol. The Balaban J connectivity index is 2.44. The molecular formula is C17H18O3. The fourth-order valence-electron chi connectivity index (χ4n) is 2.29. The Morgan fingerprint density at radius 1 is 1.05 bits per heavy atom. The normalized spacial score (nSPS) is 10.3. The Morgan fingerprint density at radius 2 is 1.65 bits per heavy atom. The first-order valence-corrected chi connectivity index (χ1v) is 6.60. The number of carbonyl (C=O) groups is 1. The number of hydrogen-bond acceptors (Lipinski definition) is 2. The zero-order valence-corrected chi connectivity index (χ0v) is 11.9. The van der Waals surface area contributed by atoms with Gasteiger partial charge in [-0.2, -0.15) is 0 Å². The van der Waals surface area contributed by atoms with Crippen LogP contribution < -0.4 is 4.74 Å². The van der Waals surface area contributed by atoms with Crippen LogP contribution in [0.25, 0.3) is 11.1 Å². The Morgan fingerprint density at radius 3 is 2.15 bits per heavy atom. The van der Waals surface area contributed by atoms with Crippen LogP contribution >= 0.6 is 0 Å². The van der Waals surface area contributed by atoms with E-state index < -0.39 is 5.97 Å². The van der Waals surface area contributed by atoms with Gasteiger partial charge < -0.3 is 9.84 Å². The van der Waals surface area contributed by atoms with Crippen molar-refractivity contribution < 1.29 is 14.6 Å². The Kier molecular flexibility index (Phi) is 4.08. The highest BCUT2D eigenvalue weighted by atomic mass is 16.5. The highest BCUT2D eigenvalue weighted by Gasteiger charge is 2.09. The Hall–Kier alpha value is -2.29. The van der Waals surface area contributed by atoms with E-state index in [9.17, 15) is 4.79 Å². The lowest BCUT2D eigenvalue weighted by molar-refractivity contribution is 0.0697. The van der Waals surface area contributed by atoms with Gasteiger partial charge in [0.15, 0.2) is 0 Å². The maximum Gasteiger partial charge on any atom is 0.335 e. The lowest BCUT2D eigenvalue weighted by atomic mass is 9.95.